The lowest BCUT2D eigenvalue weighted by atomic mass is 10.2. The summed E-state index contributed by atoms with van der Waals surface area (Å²) in [5.41, 5.74) is 1.63. The first-order valence-electron chi connectivity index (χ1n) is 5.34. The Kier molecular flexibility index (Phi) is 3.79. The summed E-state index contributed by atoms with van der Waals surface area (Å²) in [6, 6.07) is 13.0. The zero-order valence-corrected chi connectivity index (χ0v) is 9.24. The van der Waals surface area contributed by atoms with E-state index in [0.29, 0.717) is 6.54 Å². The van der Waals surface area contributed by atoms with Gasteiger partial charge in [-0.2, -0.15) is 5.26 Å². The molecular formula is C13H12N4. The van der Waals surface area contributed by atoms with Gasteiger partial charge in [0.2, 0.25) is 0 Å². The molecule has 0 radical (unpaired) electrons. The molecular weight excluding hydrogens is 212 g/mol. The highest BCUT2D eigenvalue weighted by atomic mass is 14.9. The number of nitriles is 1. The molecule has 0 spiro atoms. The first-order chi connectivity index (χ1) is 8.40. The van der Waals surface area contributed by atoms with Gasteiger partial charge in [0.1, 0.15) is 6.04 Å². The van der Waals surface area contributed by atoms with Crippen LogP contribution in [0, 0.1) is 11.3 Å². The molecule has 2 aromatic heterocycles. The Hall–Kier alpha value is -2.25. The minimum Gasteiger partial charge on any atom is -0.291 e. The average Bonchev–Trinajstić information content (AvgIpc) is 2.42. The van der Waals surface area contributed by atoms with Crippen molar-refractivity contribution in [3.05, 3.63) is 60.2 Å². The fourth-order valence-corrected chi connectivity index (χ4v) is 1.47. The first-order valence-corrected chi connectivity index (χ1v) is 5.34. The number of hydrogen-bond donors (Lipinski definition) is 1. The zero-order valence-electron chi connectivity index (χ0n) is 9.24. The molecule has 0 fully saturated rings. The number of rotatable bonds is 4. The summed E-state index contributed by atoms with van der Waals surface area (Å²) in [4.78, 5) is 8.34. The van der Waals surface area contributed by atoms with Crippen molar-refractivity contribution in [2.75, 3.05) is 0 Å². The van der Waals surface area contributed by atoms with Gasteiger partial charge in [-0.3, -0.25) is 15.3 Å². The molecule has 2 rings (SSSR count). The molecule has 0 aliphatic rings. The highest BCUT2D eigenvalue weighted by Gasteiger charge is 2.10. The Morgan fingerprint density at radius 2 is 1.88 bits per heavy atom. The summed E-state index contributed by atoms with van der Waals surface area (Å²) in [7, 11) is 0. The number of nitrogens with zero attached hydrogens (tertiary/aromatic N) is 3. The third-order valence-corrected chi connectivity index (χ3v) is 2.33. The van der Waals surface area contributed by atoms with Crippen LogP contribution in [0.3, 0.4) is 0 Å². The van der Waals surface area contributed by atoms with Crippen LogP contribution in [-0.4, -0.2) is 9.97 Å². The maximum atomic E-state index is 9.08. The van der Waals surface area contributed by atoms with Gasteiger partial charge in [0.25, 0.3) is 0 Å². The average molecular weight is 224 g/mol. The van der Waals surface area contributed by atoms with E-state index in [2.05, 4.69) is 21.4 Å². The summed E-state index contributed by atoms with van der Waals surface area (Å²) in [6.07, 6.45) is 3.42. The fraction of sp³-hybridized carbons (Fsp3) is 0.154. The third kappa shape index (κ3) is 3.10. The van der Waals surface area contributed by atoms with Crippen LogP contribution in [0.25, 0.3) is 0 Å². The lowest BCUT2D eigenvalue weighted by molar-refractivity contribution is 0.608. The van der Waals surface area contributed by atoms with E-state index in [4.69, 9.17) is 5.26 Å². The zero-order chi connectivity index (χ0) is 11.9. The molecule has 0 aliphatic heterocycles. The fourth-order valence-electron chi connectivity index (χ4n) is 1.47. The van der Waals surface area contributed by atoms with E-state index in [1.807, 2.05) is 36.4 Å². The van der Waals surface area contributed by atoms with E-state index >= 15 is 0 Å². The smallest absolute Gasteiger partial charge is 0.138 e. The van der Waals surface area contributed by atoms with Crippen molar-refractivity contribution in [1.29, 1.82) is 5.26 Å². The van der Waals surface area contributed by atoms with E-state index in [9.17, 15) is 0 Å². The predicted molar refractivity (Wildman–Crippen MR) is 63.7 cm³/mol. The number of hydrogen-bond acceptors (Lipinski definition) is 4. The quantitative estimate of drug-likeness (QED) is 0.860. The Balaban J connectivity index is 2.01. The lowest BCUT2D eigenvalue weighted by Gasteiger charge is -2.10. The summed E-state index contributed by atoms with van der Waals surface area (Å²) in [6.45, 7) is 0.551. The highest BCUT2D eigenvalue weighted by molar-refractivity contribution is 5.16. The van der Waals surface area contributed by atoms with Crippen LogP contribution in [0.4, 0.5) is 0 Å². The molecule has 4 nitrogen and oxygen atoms in total. The molecule has 17 heavy (non-hydrogen) atoms. The highest BCUT2D eigenvalue weighted by Crippen LogP contribution is 2.08. The molecule has 1 atom stereocenters. The lowest BCUT2D eigenvalue weighted by Crippen LogP contribution is -2.20. The molecule has 0 amide bonds. The summed E-state index contributed by atoms with van der Waals surface area (Å²) >= 11 is 0. The van der Waals surface area contributed by atoms with Gasteiger partial charge < -0.3 is 0 Å². The van der Waals surface area contributed by atoms with Crippen LogP contribution in [0.2, 0.25) is 0 Å². The van der Waals surface area contributed by atoms with Gasteiger partial charge >= 0.3 is 0 Å². The van der Waals surface area contributed by atoms with E-state index in [1.165, 1.54) is 0 Å². The SMILES string of the molecule is N#CC(NCc1ccccn1)c1ccccn1. The summed E-state index contributed by atoms with van der Waals surface area (Å²) in [5.74, 6) is 0. The number of pyridine rings is 2. The Morgan fingerprint density at radius 1 is 1.12 bits per heavy atom. The maximum absolute atomic E-state index is 9.08. The van der Waals surface area contributed by atoms with Crippen molar-refractivity contribution in [2.24, 2.45) is 0 Å². The van der Waals surface area contributed by atoms with Gasteiger partial charge in [0.15, 0.2) is 0 Å². The first kappa shape index (κ1) is 11.2. The van der Waals surface area contributed by atoms with Gasteiger partial charge in [-0.25, -0.2) is 0 Å². The van der Waals surface area contributed by atoms with Crippen molar-refractivity contribution in [1.82, 2.24) is 15.3 Å². The van der Waals surface area contributed by atoms with Crippen molar-refractivity contribution >= 4 is 0 Å². The normalized spacial score (nSPS) is 11.7. The summed E-state index contributed by atoms with van der Waals surface area (Å²) < 4.78 is 0. The minimum absolute atomic E-state index is 0.404. The van der Waals surface area contributed by atoms with E-state index in [1.54, 1.807) is 12.4 Å². The van der Waals surface area contributed by atoms with Crippen molar-refractivity contribution in [3.8, 4) is 6.07 Å². The molecule has 0 aliphatic carbocycles. The van der Waals surface area contributed by atoms with Crippen molar-refractivity contribution in [3.63, 3.8) is 0 Å². The van der Waals surface area contributed by atoms with Crippen LogP contribution in [0.5, 0.6) is 0 Å². The largest absolute Gasteiger partial charge is 0.291 e. The van der Waals surface area contributed by atoms with Crippen LogP contribution >= 0.6 is 0 Å². The van der Waals surface area contributed by atoms with Gasteiger partial charge in [-0.15, -0.1) is 0 Å². The third-order valence-electron chi connectivity index (χ3n) is 2.33. The Labute approximate surface area is 100.0 Å². The molecule has 0 saturated heterocycles. The van der Waals surface area contributed by atoms with E-state index in [-0.39, 0.29) is 0 Å². The maximum Gasteiger partial charge on any atom is 0.138 e. The van der Waals surface area contributed by atoms with Crippen LogP contribution in [-0.2, 0) is 6.54 Å². The topological polar surface area (TPSA) is 61.6 Å². The Morgan fingerprint density at radius 3 is 2.47 bits per heavy atom. The molecule has 2 heterocycles. The molecule has 0 bridgehead atoms. The molecule has 1 unspecified atom stereocenters. The van der Waals surface area contributed by atoms with Crippen LogP contribution in [0.15, 0.2) is 48.8 Å². The van der Waals surface area contributed by atoms with Gasteiger partial charge in [-0.1, -0.05) is 12.1 Å². The second kappa shape index (κ2) is 5.73. The number of aromatic nitrogens is 2. The summed E-state index contributed by atoms with van der Waals surface area (Å²) in [5, 5.41) is 12.2. The monoisotopic (exact) mass is 224 g/mol. The van der Waals surface area contributed by atoms with Crippen LogP contribution in [0.1, 0.15) is 17.4 Å². The number of nitrogens with one attached hydrogen (secondary N) is 1. The molecule has 84 valence electrons. The predicted octanol–water partition coefficient (Wildman–Crippen LogP) is 1.83. The van der Waals surface area contributed by atoms with E-state index in [0.717, 1.165) is 11.4 Å². The van der Waals surface area contributed by atoms with E-state index < -0.39 is 6.04 Å². The van der Waals surface area contributed by atoms with Gasteiger partial charge in [0, 0.05) is 18.9 Å². The Bertz CT molecular complexity index is 490. The molecule has 4 heteroatoms. The molecule has 0 saturated carbocycles. The van der Waals surface area contributed by atoms with Crippen molar-refractivity contribution in [2.45, 2.75) is 12.6 Å². The molecule has 1 N–H and O–H groups in total. The molecule has 0 aromatic carbocycles. The second-order valence-corrected chi connectivity index (χ2v) is 3.52. The molecule has 2 aromatic rings. The standard InChI is InChI=1S/C13H12N4/c14-9-13(12-6-2-4-8-16-12)17-10-11-5-1-3-7-15-11/h1-8,13,17H,10H2. The van der Waals surface area contributed by atoms with Gasteiger partial charge in [-0.05, 0) is 24.3 Å². The minimum atomic E-state index is -0.404. The van der Waals surface area contributed by atoms with Crippen molar-refractivity contribution < 1.29 is 0 Å². The second-order valence-electron chi connectivity index (χ2n) is 3.52. The van der Waals surface area contributed by atoms with Gasteiger partial charge in [0.05, 0.1) is 17.5 Å². The van der Waals surface area contributed by atoms with Crippen LogP contribution < -0.4 is 5.32 Å².